The van der Waals surface area contributed by atoms with Gasteiger partial charge in [-0.3, -0.25) is 4.79 Å². The molecule has 8 nitrogen and oxygen atoms in total. The number of ether oxygens (including phenoxy) is 4. The maximum atomic E-state index is 12.4. The van der Waals surface area contributed by atoms with E-state index in [1.807, 2.05) is 44.2 Å². The molecule has 0 aliphatic rings. The molecule has 3 aromatic rings. The van der Waals surface area contributed by atoms with Crippen molar-refractivity contribution >= 4 is 12.0 Å². The van der Waals surface area contributed by atoms with Gasteiger partial charge in [-0.05, 0) is 61.9 Å². The molecule has 1 N–H and O–H groups in total. The molecular weight excluding hydrogens is 460 g/mol. The van der Waals surface area contributed by atoms with E-state index < -0.39 is 5.91 Å². The summed E-state index contributed by atoms with van der Waals surface area (Å²) in [5.41, 5.74) is 1.79. The summed E-state index contributed by atoms with van der Waals surface area (Å²) in [5, 5.41) is 12.1. The first-order valence-electron chi connectivity index (χ1n) is 11.7. The summed E-state index contributed by atoms with van der Waals surface area (Å²) in [6, 6.07) is 18.5. The Kier molecular flexibility index (Phi) is 10.4. The number of nitrogens with zero attached hydrogens (tertiary/aromatic N) is 1. The quantitative estimate of drug-likeness (QED) is 0.199. The number of rotatable bonds is 14. The molecule has 0 bridgehead atoms. The number of benzene rings is 2. The molecule has 0 aliphatic heterocycles. The number of carbonyl (C=O) groups excluding carboxylic acids is 1. The standard InChI is InChI=1S/C28H30N2O6/c1-3-33-27-18-22(17-23(19-29)28(31)30-20-25-5-4-12-34-25)8-11-26(27)36-16-14-32-13-15-35-24-9-6-21(2)7-10-24/h4-12,17-18H,3,13-16,20H2,1-2H3,(H,30,31). The van der Waals surface area contributed by atoms with Crippen LogP contribution in [0.25, 0.3) is 6.08 Å². The second kappa shape index (κ2) is 14.2. The third-order valence-electron chi connectivity index (χ3n) is 4.95. The lowest BCUT2D eigenvalue weighted by Gasteiger charge is -2.13. The fraction of sp³-hybridized carbons (Fsp3) is 0.286. The third kappa shape index (κ3) is 8.53. The van der Waals surface area contributed by atoms with Crippen LogP contribution < -0.4 is 19.5 Å². The Balaban J connectivity index is 1.48. The summed E-state index contributed by atoms with van der Waals surface area (Å²) in [4.78, 5) is 12.4. The highest BCUT2D eigenvalue weighted by Crippen LogP contribution is 2.29. The molecule has 188 valence electrons. The molecule has 8 heteroatoms. The number of hydrogen-bond acceptors (Lipinski definition) is 7. The number of aryl methyl sites for hydroxylation is 1. The van der Waals surface area contributed by atoms with Crippen LogP contribution in [0.5, 0.6) is 17.2 Å². The van der Waals surface area contributed by atoms with Gasteiger partial charge in [-0.2, -0.15) is 5.26 Å². The molecule has 0 atom stereocenters. The van der Waals surface area contributed by atoms with Crippen molar-refractivity contribution in [2.24, 2.45) is 0 Å². The van der Waals surface area contributed by atoms with Gasteiger partial charge in [-0.25, -0.2) is 0 Å². The van der Waals surface area contributed by atoms with Gasteiger partial charge in [0.25, 0.3) is 5.91 Å². The lowest BCUT2D eigenvalue weighted by molar-refractivity contribution is -0.117. The van der Waals surface area contributed by atoms with E-state index in [0.29, 0.717) is 55.9 Å². The highest BCUT2D eigenvalue weighted by Gasteiger charge is 2.11. The molecule has 0 fully saturated rings. The van der Waals surface area contributed by atoms with E-state index in [2.05, 4.69) is 5.32 Å². The highest BCUT2D eigenvalue weighted by atomic mass is 16.6. The lowest BCUT2D eigenvalue weighted by atomic mass is 10.1. The minimum atomic E-state index is -0.490. The Morgan fingerprint density at radius 2 is 1.78 bits per heavy atom. The van der Waals surface area contributed by atoms with Gasteiger partial charge in [0.05, 0.1) is 32.6 Å². The zero-order chi connectivity index (χ0) is 25.6. The molecule has 0 aliphatic carbocycles. The van der Waals surface area contributed by atoms with E-state index in [1.54, 1.807) is 30.3 Å². The van der Waals surface area contributed by atoms with Gasteiger partial charge in [0, 0.05) is 0 Å². The summed E-state index contributed by atoms with van der Waals surface area (Å²) in [7, 11) is 0. The topological polar surface area (TPSA) is 103 Å². The van der Waals surface area contributed by atoms with Gasteiger partial charge in [0.2, 0.25) is 0 Å². The first-order chi connectivity index (χ1) is 17.6. The van der Waals surface area contributed by atoms with Crippen LogP contribution in [0, 0.1) is 18.3 Å². The maximum absolute atomic E-state index is 12.4. The molecule has 36 heavy (non-hydrogen) atoms. The van der Waals surface area contributed by atoms with Gasteiger partial charge in [0.1, 0.15) is 36.4 Å². The van der Waals surface area contributed by atoms with Crippen LogP contribution in [-0.4, -0.2) is 38.9 Å². The van der Waals surface area contributed by atoms with Gasteiger partial charge in [-0.15, -0.1) is 0 Å². The number of hydrogen-bond donors (Lipinski definition) is 1. The Morgan fingerprint density at radius 1 is 1.00 bits per heavy atom. The van der Waals surface area contributed by atoms with Crippen molar-refractivity contribution in [3.63, 3.8) is 0 Å². The molecule has 0 spiro atoms. The number of nitriles is 1. The number of furan rings is 1. The Hall–Kier alpha value is -4.22. The van der Waals surface area contributed by atoms with Crippen molar-refractivity contribution in [1.82, 2.24) is 5.32 Å². The molecular formula is C28H30N2O6. The Morgan fingerprint density at radius 3 is 2.47 bits per heavy atom. The Labute approximate surface area is 211 Å². The molecule has 1 heterocycles. The van der Waals surface area contributed by atoms with E-state index in [4.69, 9.17) is 23.4 Å². The van der Waals surface area contributed by atoms with Crippen molar-refractivity contribution in [2.45, 2.75) is 20.4 Å². The molecule has 3 rings (SSSR count). The summed E-state index contributed by atoms with van der Waals surface area (Å²) in [6.07, 6.45) is 3.02. The van der Waals surface area contributed by atoms with Gasteiger partial charge >= 0.3 is 0 Å². The van der Waals surface area contributed by atoms with Crippen LogP contribution in [0.4, 0.5) is 0 Å². The summed E-state index contributed by atoms with van der Waals surface area (Å²) in [6.45, 7) is 6.14. The van der Waals surface area contributed by atoms with Crippen LogP contribution >= 0.6 is 0 Å². The highest BCUT2D eigenvalue weighted by molar-refractivity contribution is 6.01. The average molecular weight is 491 g/mol. The molecule has 0 saturated heterocycles. The van der Waals surface area contributed by atoms with E-state index in [0.717, 1.165) is 5.75 Å². The number of nitrogens with one attached hydrogen (secondary N) is 1. The SMILES string of the molecule is CCOc1cc(C=C(C#N)C(=O)NCc2ccco2)ccc1OCCOCCOc1ccc(C)cc1. The van der Waals surface area contributed by atoms with Crippen molar-refractivity contribution in [3.8, 4) is 23.3 Å². The zero-order valence-electron chi connectivity index (χ0n) is 20.5. The fourth-order valence-electron chi connectivity index (χ4n) is 3.16. The van der Waals surface area contributed by atoms with Gasteiger partial charge in [0.15, 0.2) is 11.5 Å². The van der Waals surface area contributed by atoms with Crippen LogP contribution in [0.3, 0.4) is 0 Å². The number of amides is 1. The molecule has 2 aromatic carbocycles. The molecule has 0 radical (unpaired) electrons. The van der Waals surface area contributed by atoms with Crippen molar-refractivity contribution in [1.29, 1.82) is 5.26 Å². The van der Waals surface area contributed by atoms with E-state index >= 15 is 0 Å². The van der Waals surface area contributed by atoms with E-state index in [-0.39, 0.29) is 12.1 Å². The van der Waals surface area contributed by atoms with Crippen LogP contribution in [-0.2, 0) is 16.1 Å². The minimum absolute atomic E-state index is 0.0288. The first kappa shape index (κ1) is 26.4. The van der Waals surface area contributed by atoms with Crippen LogP contribution in [0.15, 0.2) is 70.9 Å². The second-order valence-electron chi connectivity index (χ2n) is 7.69. The Bertz CT molecular complexity index is 1160. The molecule has 1 amide bonds. The smallest absolute Gasteiger partial charge is 0.262 e. The predicted molar refractivity (Wildman–Crippen MR) is 135 cm³/mol. The maximum Gasteiger partial charge on any atom is 0.262 e. The molecule has 1 aromatic heterocycles. The van der Waals surface area contributed by atoms with Crippen LogP contribution in [0.1, 0.15) is 23.8 Å². The third-order valence-corrected chi connectivity index (χ3v) is 4.95. The average Bonchev–Trinajstić information content (AvgIpc) is 3.41. The largest absolute Gasteiger partial charge is 0.491 e. The van der Waals surface area contributed by atoms with Crippen molar-refractivity contribution in [3.05, 3.63) is 83.3 Å². The predicted octanol–water partition coefficient (Wildman–Crippen LogP) is 4.68. The second-order valence-corrected chi connectivity index (χ2v) is 7.69. The van der Waals surface area contributed by atoms with E-state index in [1.165, 1.54) is 17.9 Å². The normalized spacial score (nSPS) is 11.0. The molecule has 0 unspecified atom stereocenters. The molecule has 0 saturated carbocycles. The minimum Gasteiger partial charge on any atom is -0.491 e. The zero-order valence-corrected chi connectivity index (χ0v) is 20.5. The van der Waals surface area contributed by atoms with Crippen molar-refractivity contribution < 1.29 is 28.2 Å². The summed E-state index contributed by atoms with van der Waals surface area (Å²) >= 11 is 0. The summed E-state index contributed by atoms with van der Waals surface area (Å²) < 4.78 is 27.9. The fourth-order valence-corrected chi connectivity index (χ4v) is 3.16. The van der Waals surface area contributed by atoms with Crippen LogP contribution in [0.2, 0.25) is 0 Å². The monoisotopic (exact) mass is 490 g/mol. The van der Waals surface area contributed by atoms with Crippen molar-refractivity contribution in [2.75, 3.05) is 33.0 Å². The number of carbonyl (C=O) groups is 1. The summed E-state index contributed by atoms with van der Waals surface area (Å²) in [5.74, 6) is 1.99. The lowest BCUT2D eigenvalue weighted by Crippen LogP contribution is -2.23. The van der Waals surface area contributed by atoms with Gasteiger partial charge < -0.3 is 28.7 Å². The van der Waals surface area contributed by atoms with E-state index in [9.17, 15) is 10.1 Å². The van der Waals surface area contributed by atoms with Gasteiger partial charge in [-0.1, -0.05) is 23.8 Å². The first-order valence-corrected chi connectivity index (χ1v) is 11.7.